The Morgan fingerprint density at radius 3 is 2.62 bits per heavy atom. The van der Waals surface area contributed by atoms with Crippen molar-refractivity contribution in [2.45, 2.75) is 23.6 Å². The molecule has 3 rings (SSSR count). The van der Waals surface area contributed by atoms with E-state index < -0.39 is 0 Å². The lowest BCUT2D eigenvalue weighted by Gasteiger charge is -2.09. The lowest BCUT2D eigenvalue weighted by Crippen LogP contribution is -1.97. The average Bonchev–Trinajstić information content (AvgIpc) is 2.78. The van der Waals surface area contributed by atoms with Crippen LogP contribution in [-0.2, 0) is 12.3 Å². The van der Waals surface area contributed by atoms with Gasteiger partial charge in [0.1, 0.15) is 0 Å². The summed E-state index contributed by atoms with van der Waals surface area (Å²) >= 11 is 1.80. The van der Waals surface area contributed by atoms with E-state index in [9.17, 15) is 0 Å². The number of nitrogens with two attached hydrogens (primary N) is 1. The third-order valence-electron chi connectivity index (χ3n) is 3.35. The topological polar surface area (TPSA) is 44.5 Å². The Labute approximate surface area is 129 Å². The fourth-order valence-corrected chi connectivity index (χ4v) is 3.11. The van der Waals surface area contributed by atoms with Gasteiger partial charge in [0.15, 0.2) is 11.5 Å². The minimum absolute atomic E-state index is 0.586. The first-order valence-electron chi connectivity index (χ1n) is 7.15. The molecule has 0 saturated carbocycles. The summed E-state index contributed by atoms with van der Waals surface area (Å²) in [5.41, 5.74) is 8.14. The smallest absolute Gasteiger partial charge is 0.162 e. The van der Waals surface area contributed by atoms with Crippen molar-refractivity contribution in [2.75, 3.05) is 13.2 Å². The molecule has 1 aliphatic rings. The first-order chi connectivity index (χ1) is 10.3. The highest BCUT2D eigenvalue weighted by molar-refractivity contribution is 7.98. The Morgan fingerprint density at radius 2 is 1.76 bits per heavy atom. The van der Waals surface area contributed by atoms with Crippen molar-refractivity contribution in [3.8, 4) is 11.5 Å². The molecule has 3 nitrogen and oxygen atoms in total. The lowest BCUT2D eigenvalue weighted by molar-refractivity contribution is 0.297. The molecule has 1 aliphatic heterocycles. The van der Waals surface area contributed by atoms with Crippen LogP contribution in [0.2, 0.25) is 0 Å². The molecular weight excluding hydrogens is 282 g/mol. The summed E-state index contributed by atoms with van der Waals surface area (Å²) in [6.07, 6.45) is 0.934. The number of hydrogen-bond donors (Lipinski definition) is 1. The maximum absolute atomic E-state index is 5.72. The highest BCUT2D eigenvalue weighted by atomic mass is 32.2. The summed E-state index contributed by atoms with van der Waals surface area (Å²) < 4.78 is 11.4. The molecule has 21 heavy (non-hydrogen) atoms. The molecule has 2 aromatic rings. The summed E-state index contributed by atoms with van der Waals surface area (Å²) in [4.78, 5) is 1.19. The number of benzene rings is 2. The number of thioether (sulfide) groups is 1. The van der Waals surface area contributed by atoms with Crippen LogP contribution in [0.1, 0.15) is 17.5 Å². The molecular formula is C17H19NO2S. The van der Waals surface area contributed by atoms with E-state index in [4.69, 9.17) is 15.2 Å². The van der Waals surface area contributed by atoms with Gasteiger partial charge in [-0.2, -0.15) is 0 Å². The molecule has 0 fully saturated rings. The van der Waals surface area contributed by atoms with Gasteiger partial charge in [-0.15, -0.1) is 11.8 Å². The second-order valence-corrected chi connectivity index (χ2v) is 6.02. The highest BCUT2D eigenvalue weighted by Gasteiger charge is 2.10. The Balaban J connectivity index is 1.69. The van der Waals surface area contributed by atoms with Gasteiger partial charge in [-0.05, 0) is 29.3 Å². The van der Waals surface area contributed by atoms with Crippen LogP contribution in [0.25, 0.3) is 0 Å². The van der Waals surface area contributed by atoms with Gasteiger partial charge in [-0.25, -0.2) is 0 Å². The minimum Gasteiger partial charge on any atom is -0.490 e. The van der Waals surface area contributed by atoms with Gasteiger partial charge in [-0.1, -0.05) is 24.3 Å². The first-order valence-corrected chi connectivity index (χ1v) is 8.14. The summed E-state index contributed by atoms with van der Waals surface area (Å²) in [7, 11) is 0. The van der Waals surface area contributed by atoms with Crippen molar-refractivity contribution >= 4 is 11.8 Å². The van der Waals surface area contributed by atoms with Crippen LogP contribution < -0.4 is 15.2 Å². The largest absolute Gasteiger partial charge is 0.490 e. The van der Waals surface area contributed by atoms with Crippen LogP contribution in [0.4, 0.5) is 0 Å². The minimum atomic E-state index is 0.586. The molecule has 2 N–H and O–H groups in total. The standard InChI is InChI=1S/C17H19NO2S/c18-11-13-3-1-4-14(9-13)12-21-15-5-6-16-17(10-15)20-8-2-7-19-16/h1,3-6,9-10H,2,7-8,11-12,18H2. The predicted molar refractivity (Wildman–Crippen MR) is 85.9 cm³/mol. The van der Waals surface area contributed by atoms with Crippen molar-refractivity contribution in [3.05, 3.63) is 53.6 Å². The van der Waals surface area contributed by atoms with Gasteiger partial charge in [-0.3, -0.25) is 0 Å². The summed E-state index contributed by atoms with van der Waals surface area (Å²) in [5.74, 6) is 2.63. The van der Waals surface area contributed by atoms with Crippen LogP contribution in [-0.4, -0.2) is 13.2 Å². The van der Waals surface area contributed by atoms with Gasteiger partial charge in [0.2, 0.25) is 0 Å². The van der Waals surface area contributed by atoms with Crippen LogP contribution in [0.5, 0.6) is 11.5 Å². The van der Waals surface area contributed by atoms with E-state index in [1.807, 2.05) is 6.07 Å². The van der Waals surface area contributed by atoms with E-state index in [1.165, 1.54) is 16.0 Å². The predicted octanol–water partition coefficient (Wildman–Crippen LogP) is 3.60. The molecule has 110 valence electrons. The molecule has 0 atom stereocenters. The third-order valence-corrected chi connectivity index (χ3v) is 4.42. The molecule has 0 unspecified atom stereocenters. The van der Waals surface area contributed by atoms with Crippen molar-refractivity contribution < 1.29 is 9.47 Å². The van der Waals surface area contributed by atoms with Crippen LogP contribution >= 0.6 is 11.8 Å². The maximum atomic E-state index is 5.72. The second-order valence-electron chi connectivity index (χ2n) is 4.97. The van der Waals surface area contributed by atoms with E-state index in [0.29, 0.717) is 6.54 Å². The van der Waals surface area contributed by atoms with E-state index >= 15 is 0 Å². The highest BCUT2D eigenvalue weighted by Crippen LogP contribution is 2.34. The number of rotatable bonds is 4. The molecule has 0 aliphatic carbocycles. The fourth-order valence-electron chi connectivity index (χ4n) is 2.25. The van der Waals surface area contributed by atoms with E-state index in [0.717, 1.165) is 36.9 Å². The maximum Gasteiger partial charge on any atom is 0.162 e. The number of hydrogen-bond acceptors (Lipinski definition) is 4. The third kappa shape index (κ3) is 3.71. The zero-order valence-electron chi connectivity index (χ0n) is 11.9. The molecule has 0 spiro atoms. The monoisotopic (exact) mass is 301 g/mol. The van der Waals surface area contributed by atoms with Gasteiger partial charge >= 0.3 is 0 Å². The van der Waals surface area contributed by atoms with Crippen LogP contribution in [0, 0.1) is 0 Å². The molecule has 4 heteroatoms. The molecule has 0 amide bonds. The van der Waals surface area contributed by atoms with Crippen molar-refractivity contribution in [1.82, 2.24) is 0 Å². The summed E-state index contributed by atoms with van der Waals surface area (Å²) in [5, 5.41) is 0. The quantitative estimate of drug-likeness (QED) is 0.876. The summed E-state index contributed by atoms with van der Waals surface area (Å²) in [6, 6.07) is 14.6. The lowest BCUT2D eigenvalue weighted by atomic mass is 10.1. The van der Waals surface area contributed by atoms with Crippen molar-refractivity contribution in [3.63, 3.8) is 0 Å². The van der Waals surface area contributed by atoms with Gasteiger partial charge in [0, 0.05) is 23.6 Å². The van der Waals surface area contributed by atoms with Crippen LogP contribution in [0.15, 0.2) is 47.4 Å². The van der Waals surface area contributed by atoms with E-state index in [2.05, 4.69) is 36.4 Å². The van der Waals surface area contributed by atoms with Crippen LogP contribution in [0.3, 0.4) is 0 Å². The molecule has 0 saturated heterocycles. The summed E-state index contributed by atoms with van der Waals surface area (Å²) in [6.45, 7) is 2.04. The fraction of sp³-hybridized carbons (Fsp3) is 0.294. The van der Waals surface area contributed by atoms with E-state index in [1.54, 1.807) is 11.8 Å². The molecule has 0 aromatic heterocycles. The Morgan fingerprint density at radius 1 is 0.952 bits per heavy atom. The molecule has 1 heterocycles. The van der Waals surface area contributed by atoms with E-state index in [-0.39, 0.29) is 0 Å². The Hall–Kier alpha value is -1.65. The normalized spacial score (nSPS) is 13.8. The zero-order valence-corrected chi connectivity index (χ0v) is 12.7. The molecule has 2 aromatic carbocycles. The number of fused-ring (bicyclic) bond motifs is 1. The second kappa shape index (κ2) is 6.87. The average molecular weight is 301 g/mol. The molecule has 0 radical (unpaired) electrons. The Kier molecular flexibility index (Phi) is 4.68. The first kappa shape index (κ1) is 14.3. The van der Waals surface area contributed by atoms with Crippen molar-refractivity contribution in [2.24, 2.45) is 5.73 Å². The Bertz CT molecular complexity index is 615. The number of ether oxygens (including phenoxy) is 2. The zero-order chi connectivity index (χ0) is 14.5. The molecule has 0 bridgehead atoms. The SMILES string of the molecule is NCc1cccc(CSc2ccc3c(c2)OCCCO3)c1. The van der Waals surface area contributed by atoms with Gasteiger partial charge in [0.05, 0.1) is 13.2 Å². The van der Waals surface area contributed by atoms with Crippen molar-refractivity contribution in [1.29, 1.82) is 0 Å². The van der Waals surface area contributed by atoms with Gasteiger partial charge < -0.3 is 15.2 Å². The van der Waals surface area contributed by atoms with Gasteiger partial charge in [0.25, 0.3) is 0 Å².